The van der Waals surface area contributed by atoms with Crippen LogP contribution in [-0.4, -0.2) is 66.7 Å². The van der Waals surface area contributed by atoms with Gasteiger partial charge in [0.15, 0.2) is 0 Å². The van der Waals surface area contributed by atoms with Crippen LogP contribution in [0.5, 0.6) is 0 Å². The lowest BCUT2D eigenvalue weighted by Crippen LogP contribution is -2.45. The van der Waals surface area contributed by atoms with Crippen LogP contribution in [0.2, 0.25) is 0 Å². The van der Waals surface area contributed by atoms with Crippen molar-refractivity contribution in [1.82, 2.24) is 9.21 Å². The van der Waals surface area contributed by atoms with Crippen molar-refractivity contribution in [2.45, 2.75) is 56.0 Å². The minimum Gasteiger partial charge on any atom is -0.396 e. The van der Waals surface area contributed by atoms with E-state index in [1.165, 1.54) is 9.87 Å². The first-order valence-electron chi connectivity index (χ1n) is 12.2. The Kier molecular flexibility index (Phi) is 8.20. The van der Waals surface area contributed by atoms with Crippen molar-refractivity contribution >= 4 is 10.0 Å². The summed E-state index contributed by atoms with van der Waals surface area (Å²) in [5, 5.41) is 18.9. The number of rotatable bonds is 8. The second-order valence-electron chi connectivity index (χ2n) is 9.37. The van der Waals surface area contributed by atoms with Gasteiger partial charge in [-0.15, -0.1) is 0 Å². The molecule has 7 heteroatoms. The summed E-state index contributed by atoms with van der Waals surface area (Å²) in [6.45, 7) is 3.58. The number of aliphatic hydroxyl groups excluding tert-OH is 2. The Morgan fingerprint density at radius 3 is 2.30 bits per heavy atom. The van der Waals surface area contributed by atoms with Crippen molar-refractivity contribution < 1.29 is 18.6 Å². The van der Waals surface area contributed by atoms with Gasteiger partial charge < -0.3 is 10.2 Å². The highest BCUT2D eigenvalue weighted by molar-refractivity contribution is 7.89. The van der Waals surface area contributed by atoms with Crippen LogP contribution in [0.1, 0.15) is 44.1 Å². The number of benzene rings is 2. The van der Waals surface area contributed by atoms with Crippen LogP contribution in [0, 0.1) is 5.92 Å². The number of nitrogens with zero attached hydrogens (tertiary/aromatic N) is 2. The Hall–Kier alpha value is -1.77. The van der Waals surface area contributed by atoms with Gasteiger partial charge in [0.25, 0.3) is 0 Å². The molecular weight excluding hydrogens is 436 g/mol. The highest BCUT2D eigenvalue weighted by Crippen LogP contribution is 2.33. The lowest BCUT2D eigenvalue weighted by molar-refractivity contribution is 0.153. The van der Waals surface area contributed by atoms with Gasteiger partial charge in [0.05, 0.1) is 11.5 Å². The van der Waals surface area contributed by atoms with Gasteiger partial charge in [-0.05, 0) is 68.3 Å². The lowest BCUT2D eigenvalue weighted by Gasteiger charge is -2.34. The summed E-state index contributed by atoms with van der Waals surface area (Å²) in [7, 11) is -3.70. The number of piperidine rings is 2. The maximum Gasteiger partial charge on any atom is 0.244 e. The van der Waals surface area contributed by atoms with Gasteiger partial charge in [-0.2, -0.15) is 4.31 Å². The fourth-order valence-corrected chi connectivity index (χ4v) is 7.09. The van der Waals surface area contributed by atoms with E-state index in [4.69, 9.17) is 5.11 Å². The Bertz CT molecular complexity index is 1000. The molecule has 0 bridgehead atoms. The van der Waals surface area contributed by atoms with Crippen LogP contribution in [0.3, 0.4) is 0 Å². The lowest BCUT2D eigenvalue weighted by atomic mass is 9.93. The van der Waals surface area contributed by atoms with E-state index in [-0.39, 0.29) is 19.3 Å². The molecule has 6 nitrogen and oxygen atoms in total. The molecule has 1 atom stereocenters. The average Bonchev–Trinajstić information content (AvgIpc) is 2.86. The van der Waals surface area contributed by atoms with E-state index < -0.39 is 10.0 Å². The van der Waals surface area contributed by atoms with Crippen molar-refractivity contribution in [2.75, 3.05) is 32.8 Å². The molecule has 0 amide bonds. The second kappa shape index (κ2) is 11.1. The number of aliphatic hydroxyl groups is 2. The molecule has 180 valence electrons. The van der Waals surface area contributed by atoms with Gasteiger partial charge in [-0.3, -0.25) is 4.90 Å². The maximum atomic E-state index is 13.5. The molecule has 2 aliphatic rings. The largest absolute Gasteiger partial charge is 0.396 e. The highest BCUT2D eigenvalue weighted by Gasteiger charge is 2.34. The number of sulfonamides is 1. The molecular formula is C26H36N2O4S. The van der Waals surface area contributed by atoms with Crippen LogP contribution in [0.25, 0.3) is 11.1 Å². The smallest absolute Gasteiger partial charge is 0.244 e. The van der Waals surface area contributed by atoms with Crippen LogP contribution >= 0.6 is 0 Å². The highest BCUT2D eigenvalue weighted by atomic mass is 32.2. The Morgan fingerprint density at radius 2 is 1.61 bits per heavy atom. The standard InChI is InChI=1S/C26H36N2O4S/c29-18-14-21-12-16-27(17-13-21)19-22-8-10-23(11-9-22)25-6-1-2-7-26(25)33(31,32)28-15-4-3-5-24(28)20-30/h1-2,6-11,21,24,29-30H,3-5,12-20H2. The molecule has 2 aliphatic heterocycles. The number of likely N-dealkylation sites (tertiary alicyclic amines) is 1. The van der Waals surface area contributed by atoms with Crippen LogP contribution in [-0.2, 0) is 16.6 Å². The molecule has 4 rings (SSSR count). The topological polar surface area (TPSA) is 81.1 Å². The van der Waals surface area contributed by atoms with Crippen LogP contribution in [0.15, 0.2) is 53.4 Å². The molecule has 2 aromatic rings. The van der Waals surface area contributed by atoms with Gasteiger partial charge in [0, 0.05) is 31.3 Å². The van der Waals surface area contributed by atoms with Gasteiger partial charge >= 0.3 is 0 Å². The van der Waals surface area contributed by atoms with Crippen LogP contribution < -0.4 is 0 Å². The van der Waals surface area contributed by atoms with Crippen molar-refractivity contribution in [3.63, 3.8) is 0 Å². The molecule has 0 saturated carbocycles. The molecule has 0 radical (unpaired) electrons. The Balaban J connectivity index is 1.50. The summed E-state index contributed by atoms with van der Waals surface area (Å²) < 4.78 is 28.6. The molecule has 2 fully saturated rings. The summed E-state index contributed by atoms with van der Waals surface area (Å²) in [4.78, 5) is 2.76. The minimum absolute atomic E-state index is 0.145. The van der Waals surface area contributed by atoms with E-state index in [1.807, 2.05) is 24.3 Å². The first-order chi connectivity index (χ1) is 16.0. The maximum absolute atomic E-state index is 13.5. The van der Waals surface area contributed by atoms with E-state index in [0.717, 1.165) is 57.3 Å². The second-order valence-corrected chi connectivity index (χ2v) is 11.2. The zero-order valence-electron chi connectivity index (χ0n) is 19.3. The minimum atomic E-state index is -3.70. The predicted molar refractivity (Wildman–Crippen MR) is 130 cm³/mol. The monoisotopic (exact) mass is 472 g/mol. The van der Waals surface area contributed by atoms with E-state index >= 15 is 0 Å². The van der Waals surface area contributed by atoms with E-state index in [9.17, 15) is 13.5 Å². The van der Waals surface area contributed by atoms with E-state index in [2.05, 4.69) is 17.0 Å². The molecule has 1 unspecified atom stereocenters. The van der Waals surface area contributed by atoms with Gasteiger partial charge in [0.2, 0.25) is 10.0 Å². The van der Waals surface area contributed by atoms with E-state index in [0.29, 0.717) is 29.3 Å². The fraction of sp³-hybridized carbons (Fsp3) is 0.538. The Morgan fingerprint density at radius 1 is 0.879 bits per heavy atom. The van der Waals surface area contributed by atoms with Crippen LogP contribution in [0.4, 0.5) is 0 Å². The zero-order chi connectivity index (χ0) is 23.3. The fourth-order valence-electron chi connectivity index (χ4n) is 5.19. The summed E-state index contributed by atoms with van der Waals surface area (Å²) >= 11 is 0. The number of hydrogen-bond acceptors (Lipinski definition) is 5. The van der Waals surface area contributed by atoms with Crippen molar-refractivity contribution in [1.29, 1.82) is 0 Å². The van der Waals surface area contributed by atoms with Crippen molar-refractivity contribution in [3.8, 4) is 11.1 Å². The summed E-state index contributed by atoms with van der Waals surface area (Å²) in [5.74, 6) is 0.636. The zero-order valence-corrected chi connectivity index (χ0v) is 20.1. The van der Waals surface area contributed by atoms with Gasteiger partial charge in [-0.25, -0.2) is 8.42 Å². The summed E-state index contributed by atoms with van der Waals surface area (Å²) in [5.41, 5.74) is 2.81. The third-order valence-corrected chi connectivity index (χ3v) is 9.18. The predicted octanol–water partition coefficient (Wildman–Crippen LogP) is 3.48. The first kappa shape index (κ1) is 24.4. The molecule has 2 aromatic carbocycles. The molecule has 2 N–H and O–H groups in total. The summed E-state index contributed by atoms with van der Waals surface area (Å²) in [6.07, 6.45) is 5.64. The van der Waals surface area contributed by atoms with Crippen molar-refractivity contribution in [3.05, 3.63) is 54.1 Å². The quantitative estimate of drug-likeness (QED) is 0.615. The van der Waals surface area contributed by atoms with Gasteiger partial charge in [0.1, 0.15) is 0 Å². The third-order valence-electron chi connectivity index (χ3n) is 7.17. The summed E-state index contributed by atoms with van der Waals surface area (Å²) in [6, 6.07) is 15.1. The molecule has 0 spiro atoms. The molecule has 2 saturated heterocycles. The third kappa shape index (κ3) is 5.66. The van der Waals surface area contributed by atoms with Crippen molar-refractivity contribution in [2.24, 2.45) is 5.92 Å². The molecule has 2 heterocycles. The average molecular weight is 473 g/mol. The van der Waals surface area contributed by atoms with Gasteiger partial charge in [-0.1, -0.05) is 48.9 Å². The number of hydrogen-bond donors (Lipinski definition) is 2. The first-order valence-corrected chi connectivity index (χ1v) is 13.6. The normalized spacial score (nSPS) is 21.3. The Labute approximate surface area is 197 Å². The SMILES string of the molecule is O=S(=O)(c1ccccc1-c1ccc(CN2CCC(CCO)CC2)cc1)N1CCCCC1CO. The molecule has 0 aliphatic carbocycles. The van der Waals surface area contributed by atoms with E-state index in [1.54, 1.807) is 12.1 Å². The molecule has 0 aromatic heterocycles. The molecule has 33 heavy (non-hydrogen) atoms.